The lowest BCUT2D eigenvalue weighted by molar-refractivity contribution is 0.669. The van der Waals surface area contributed by atoms with E-state index in [2.05, 4.69) is 101 Å². The summed E-state index contributed by atoms with van der Waals surface area (Å²) in [7, 11) is 0. The molecule has 4 heterocycles. The van der Waals surface area contributed by atoms with E-state index in [4.69, 9.17) is 13.9 Å². The molecule has 0 radical (unpaired) electrons. The lowest BCUT2D eigenvalue weighted by atomic mass is 10.00. The van der Waals surface area contributed by atoms with Gasteiger partial charge in [-0.05, 0) is 71.8 Å². The lowest BCUT2D eigenvalue weighted by Crippen LogP contribution is -1.99. The SMILES string of the molecule is c1ccc(-c2ccc(-n3c4ccc(-c5ccc6c(c5)oc5ccccc56)cc4c4c5c(ccc43)oc3ccccc35)nn2)cc1. The molecule has 0 N–H and O–H groups in total. The highest BCUT2D eigenvalue weighted by molar-refractivity contribution is 6.27. The molecule has 6 aromatic carbocycles. The number of rotatable bonds is 3. The van der Waals surface area contributed by atoms with Gasteiger partial charge in [-0.2, -0.15) is 0 Å². The molecule has 0 aliphatic heterocycles. The van der Waals surface area contributed by atoms with Crippen LogP contribution in [0.1, 0.15) is 0 Å². The van der Waals surface area contributed by atoms with Gasteiger partial charge in [0.2, 0.25) is 0 Å². The van der Waals surface area contributed by atoms with Gasteiger partial charge in [0.25, 0.3) is 0 Å². The van der Waals surface area contributed by atoms with E-state index >= 15 is 0 Å². The fourth-order valence-corrected chi connectivity index (χ4v) is 6.86. The number of benzene rings is 6. The Hall–Kier alpha value is -6.20. The molecule has 0 spiro atoms. The van der Waals surface area contributed by atoms with Crippen molar-refractivity contribution in [3.8, 4) is 28.2 Å². The molecule has 4 aromatic heterocycles. The Morgan fingerprint density at radius 3 is 1.93 bits per heavy atom. The third kappa shape index (κ3) is 3.55. The predicted molar refractivity (Wildman–Crippen MR) is 182 cm³/mol. The first kappa shape index (κ1) is 24.3. The highest BCUT2D eigenvalue weighted by Crippen LogP contribution is 2.42. The van der Waals surface area contributed by atoms with Crippen LogP contribution in [-0.2, 0) is 0 Å². The van der Waals surface area contributed by atoms with E-state index in [-0.39, 0.29) is 0 Å². The predicted octanol–water partition coefficient (Wildman–Crippen LogP) is 10.7. The molecule has 0 atom stereocenters. The largest absolute Gasteiger partial charge is 0.456 e. The van der Waals surface area contributed by atoms with Gasteiger partial charge in [0.05, 0.1) is 16.7 Å². The van der Waals surface area contributed by atoms with Gasteiger partial charge in [-0.1, -0.05) is 78.9 Å². The Kier molecular flexibility index (Phi) is 4.93. The summed E-state index contributed by atoms with van der Waals surface area (Å²) >= 11 is 0. The smallest absolute Gasteiger partial charge is 0.160 e. The highest BCUT2D eigenvalue weighted by Gasteiger charge is 2.20. The molecule has 5 nitrogen and oxygen atoms in total. The molecular formula is C40H23N3O2. The number of furan rings is 2. The van der Waals surface area contributed by atoms with Crippen molar-refractivity contribution in [2.24, 2.45) is 0 Å². The second-order valence-electron chi connectivity index (χ2n) is 11.5. The van der Waals surface area contributed by atoms with Crippen LogP contribution < -0.4 is 0 Å². The van der Waals surface area contributed by atoms with Crippen LogP contribution in [0.5, 0.6) is 0 Å². The summed E-state index contributed by atoms with van der Waals surface area (Å²) in [5.41, 5.74) is 9.71. The standard InChI is InChI=1S/C40H23N3O2/c1-2-8-24(9-3-1)31-17-21-38(42-41-31)43-32-18-15-25(26-14-16-28-27-10-4-6-12-34(27)45-37(28)23-26)22-30(32)39-33(43)19-20-36-40(39)29-11-5-7-13-35(29)44-36/h1-23H. The van der Waals surface area contributed by atoms with Gasteiger partial charge in [0, 0.05) is 37.9 Å². The molecule has 5 heteroatoms. The second-order valence-corrected chi connectivity index (χ2v) is 11.5. The zero-order chi connectivity index (χ0) is 29.5. The zero-order valence-electron chi connectivity index (χ0n) is 23.9. The van der Waals surface area contributed by atoms with Gasteiger partial charge in [-0.25, -0.2) is 0 Å². The summed E-state index contributed by atoms with van der Waals surface area (Å²) < 4.78 is 14.8. The average Bonchev–Trinajstić information content (AvgIpc) is 3.77. The Labute approximate surface area is 256 Å². The van der Waals surface area contributed by atoms with Gasteiger partial charge < -0.3 is 8.83 Å². The summed E-state index contributed by atoms with van der Waals surface area (Å²) in [6.45, 7) is 0. The number of hydrogen-bond donors (Lipinski definition) is 0. The molecule has 45 heavy (non-hydrogen) atoms. The van der Waals surface area contributed by atoms with E-state index in [9.17, 15) is 0 Å². The van der Waals surface area contributed by atoms with Crippen molar-refractivity contribution in [2.45, 2.75) is 0 Å². The number of para-hydroxylation sites is 2. The second kappa shape index (κ2) is 9.15. The monoisotopic (exact) mass is 577 g/mol. The van der Waals surface area contributed by atoms with Crippen LogP contribution in [0.3, 0.4) is 0 Å². The van der Waals surface area contributed by atoms with E-state index in [0.29, 0.717) is 0 Å². The van der Waals surface area contributed by atoms with Gasteiger partial charge in [0.1, 0.15) is 22.3 Å². The summed E-state index contributed by atoms with van der Waals surface area (Å²) in [6, 6.07) is 48.0. The van der Waals surface area contributed by atoms with Crippen molar-refractivity contribution in [3.63, 3.8) is 0 Å². The molecule has 10 aromatic rings. The molecule has 0 saturated heterocycles. The maximum Gasteiger partial charge on any atom is 0.160 e. The molecule has 0 saturated carbocycles. The van der Waals surface area contributed by atoms with Crippen LogP contribution in [0.25, 0.3) is 93.9 Å². The maximum atomic E-state index is 6.33. The summed E-state index contributed by atoms with van der Waals surface area (Å²) in [6.07, 6.45) is 0. The summed E-state index contributed by atoms with van der Waals surface area (Å²) in [5.74, 6) is 0.762. The molecular weight excluding hydrogens is 554 g/mol. The van der Waals surface area contributed by atoms with Gasteiger partial charge in [-0.3, -0.25) is 4.57 Å². The van der Waals surface area contributed by atoms with Crippen LogP contribution >= 0.6 is 0 Å². The average molecular weight is 578 g/mol. The van der Waals surface area contributed by atoms with Crippen molar-refractivity contribution in [3.05, 3.63) is 140 Å². The third-order valence-corrected chi connectivity index (χ3v) is 8.93. The van der Waals surface area contributed by atoms with Crippen molar-refractivity contribution >= 4 is 65.7 Å². The number of hydrogen-bond acceptors (Lipinski definition) is 4. The Bertz CT molecular complexity index is 2750. The quantitative estimate of drug-likeness (QED) is 0.210. The zero-order valence-corrected chi connectivity index (χ0v) is 23.9. The fraction of sp³-hybridized carbons (Fsp3) is 0. The molecule has 10 rings (SSSR count). The number of fused-ring (bicyclic) bond motifs is 10. The van der Waals surface area contributed by atoms with E-state index in [0.717, 1.165) is 93.9 Å². The van der Waals surface area contributed by atoms with Crippen LogP contribution in [-0.4, -0.2) is 14.8 Å². The van der Waals surface area contributed by atoms with Crippen LogP contribution in [0.2, 0.25) is 0 Å². The Balaban J connectivity index is 1.24. The van der Waals surface area contributed by atoms with Gasteiger partial charge in [-0.15, -0.1) is 10.2 Å². The van der Waals surface area contributed by atoms with E-state index in [1.807, 2.05) is 48.5 Å². The van der Waals surface area contributed by atoms with Crippen LogP contribution in [0.15, 0.2) is 148 Å². The van der Waals surface area contributed by atoms with Gasteiger partial charge in [0.15, 0.2) is 5.82 Å². The highest BCUT2D eigenvalue weighted by atomic mass is 16.3. The fourth-order valence-electron chi connectivity index (χ4n) is 6.86. The maximum absolute atomic E-state index is 6.33. The number of nitrogens with zero attached hydrogens (tertiary/aromatic N) is 3. The first-order valence-electron chi connectivity index (χ1n) is 15.0. The van der Waals surface area contributed by atoms with Crippen molar-refractivity contribution in [1.29, 1.82) is 0 Å². The molecule has 210 valence electrons. The van der Waals surface area contributed by atoms with Gasteiger partial charge >= 0.3 is 0 Å². The van der Waals surface area contributed by atoms with E-state index in [1.165, 1.54) is 0 Å². The molecule has 0 unspecified atom stereocenters. The molecule has 0 amide bonds. The van der Waals surface area contributed by atoms with E-state index < -0.39 is 0 Å². The molecule has 0 aliphatic rings. The summed E-state index contributed by atoms with van der Waals surface area (Å²) in [5, 5.41) is 16.1. The van der Waals surface area contributed by atoms with Crippen molar-refractivity contribution < 1.29 is 8.83 Å². The number of aromatic nitrogens is 3. The van der Waals surface area contributed by atoms with E-state index in [1.54, 1.807) is 0 Å². The minimum atomic E-state index is 0.762. The molecule has 0 fully saturated rings. The summed E-state index contributed by atoms with van der Waals surface area (Å²) in [4.78, 5) is 0. The Morgan fingerprint density at radius 1 is 0.400 bits per heavy atom. The molecule has 0 aliphatic carbocycles. The first-order valence-corrected chi connectivity index (χ1v) is 15.0. The minimum Gasteiger partial charge on any atom is -0.456 e. The topological polar surface area (TPSA) is 57.0 Å². The van der Waals surface area contributed by atoms with Crippen LogP contribution in [0.4, 0.5) is 0 Å². The third-order valence-electron chi connectivity index (χ3n) is 8.93. The van der Waals surface area contributed by atoms with Crippen LogP contribution in [0, 0.1) is 0 Å². The normalized spacial score (nSPS) is 12.0. The van der Waals surface area contributed by atoms with Crippen molar-refractivity contribution in [1.82, 2.24) is 14.8 Å². The lowest BCUT2D eigenvalue weighted by Gasteiger charge is -2.08. The van der Waals surface area contributed by atoms with Crippen molar-refractivity contribution in [2.75, 3.05) is 0 Å². The minimum absolute atomic E-state index is 0.762. The Morgan fingerprint density at radius 2 is 1.09 bits per heavy atom. The molecule has 0 bridgehead atoms. The first-order chi connectivity index (χ1) is 22.3.